The number of hydrogen-bond donors (Lipinski definition) is 0. The van der Waals surface area contributed by atoms with Crippen molar-refractivity contribution in [2.24, 2.45) is 0 Å². The minimum atomic E-state index is -0.136. The Bertz CT molecular complexity index is 696. The van der Waals surface area contributed by atoms with Crippen LogP contribution in [0, 0.1) is 27.7 Å². The fourth-order valence-corrected chi connectivity index (χ4v) is 3.04. The number of carbonyl (C=O) groups excluding carboxylic acids is 1. The predicted molar refractivity (Wildman–Crippen MR) is 92.4 cm³/mol. The summed E-state index contributed by atoms with van der Waals surface area (Å²) in [4.78, 5) is 12.5. The van der Waals surface area contributed by atoms with Crippen molar-refractivity contribution in [1.29, 1.82) is 0 Å². The van der Waals surface area contributed by atoms with Crippen LogP contribution in [0.1, 0.15) is 59.1 Å². The second-order valence-corrected chi connectivity index (χ2v) is 6.21. The van der Waals surface area contributed by atoms with Gasteiger partial charge in [0.05, 0.1) is 5.69 Å². The normalized spacial score (nSPS) is 12.3. The first-order valence-electron chi connectivity index (χ1n) is 8.15. The van der Waals surface area contributed by atoms with Gasteiger partial charge in [0.2, 0.25) is 0 Å². The Balaban J connectivity index is 2.19. The molecular weight excluding hydrogens is 288 g/mol. The van der Waals surface area contributed by atoms with Crippen LogP contribution in [0.2, 0.25) is 0 Å². The zero-order valence-corrected chi connectivity index (χ0v) is 14.9. The van der Waals surface area contributed by atoms with Crippen LogP contribution < -0.4 is 4.74 Å². The summed E-state index contributed by atoms with van der Waals surface area (Å²) in [5, 5.41) is 4.42. The predicted octanol–water partition coefficient (Wildman–Crippen LogP) is 4.35. The number of rotatable bonds is 5. The molecule has 23 heavy (non-hydrogen) atoms. The Morgan fingerprint density at radius 1 is 1.22 bits per heavy atom. The molecule has 2 aromatic rings. The monoisotopic (exact) mass is 314 g/mol. The van der Waals surface area contributed by atoms with Crippen LogP contribution in [0.5, 0.6) is 5.75 Å². The van der Waals surface area contributed by atoms with Gasteiger partial charge in [0.1, 0.15) is 5.75 Å². The van der Waals surface area contributed by atoms with Gasteiger partial charge in [0.15, 0.2) is 6.61 Å². The van der Waals surface area contributed by atoms with Gasteiger partial charge in [0.25, 0.3) is 5.91 Å². The van der Waals surface area contributed by atoms with E-state index in [1.54, 1.807) is 0 Å². The molecule has 0 aliphatic heterocycles. The number of ether oxygens (including phenoxy) is 1. The lowest BCUT2D eigenvalue weighted by atomic mass is 9.97. The molecule has 4 heteroatoms. The summed E-state index contributed by atoms with van der Waals surface area (Å²) in [5.41, 5.74) is 5.09. The standard InChI is InChI=1S/C19H26N2O2/c1-7-12(2)18-15(5)20-21(16(18)6)17(22)11-23-19-13(3)9-8-10-14(19)4/h8-10,12H,7,11H2,1-6H3. The molecule has 1 aromatic heterocycles. The number of nitrogens with zero attached hydrogens (tertiary/aromatic N) is 2. The van der Waals surface area contributed by atoms with Crippen molar-refractivity contribution < 1.29 is 9.53 Å². The summed E-state index contributed by atoms with van der Waals surface area (Å²) in [6, 6.07) is 5.95. The Morgan fingerprint density at radius 2 is 1.83 bits per heavy atom. The van der Waals surface area contributed by atoms with Gasteiger partial charge in [-0.2, -0.15) is 5.10 Å². The molecule has 0 saturated heterocycles. The summed E-state index contributed by atoms with van der Waals surface area (Å²) >= 11 is 0. The summed E-state index contributed by atoms with van der Waals surface area (Å²) in [6.07, 6.45) is 1.03. The minimum Gasteiger partial charge on any atom is -0.483 e. The van der Waals surface area contributed by atoms with Gasteiger partial charge in [-0.1, -0.05) is 32.0 Å². The maximum atomic E-state index is 12.5. The molecule has 0 radical (unpaired) electrons. The Labute approximate surface area is 138 Å². The molecule has 0 aliphatic rings. The highest BCUT2D eigenvalue weighted by Gasteiger charge is 2.20. The number of aryl methyl sites for hydroxylation is 3. The van der Waals surface area contributed by atoms with Crippen molar-refractivity contribution >= 4 is 5.91 Å². The first kappa shape index (κ1) is 17.3. The van der Waals surface area contributed by atoms with Crippen LogP contribution in [-0.4, -0.2) is 22.3 Å². The molecule has 0 spiro atoms. The first-order valence-corrected chi connectivity index (χ1v) is 8.15. The van der Waals surface area contributed by atoms with Crippen molar-refractivity contribution in [1.82, 2.24) is 9.78 Å². The topological polar surface area (TPSA) is 44.1 Å². The van der Waals surface area contributed by atoms with Crippen molar-refractivity contribution in [2.75, 3.05) is 6.61 Å². The summed E-state index contributed by atoms with van der Waals surface area (Å²) in [5.74, 6) is 1.04. The van der Waals surface area contributed by atoms with E-state index in [1.165, 1.54) is 10.2 Å². The van der Waals surface area contributed by atoms with Crippen molar-refractivity contribution in [3.8, 4) is 5.75 Å². The molecule has 0 bridgehead atoms. The van der Waals surface area contributed by atoms with Crippen LogP contribution in [0.25, 0.3) is 0 Å². The highest BCUT2D eigenvalue weighted by atomic mass is 16.5. The maximum Gasteiger partial charge on any atom is 0.284 e. The van der Waals surface area contributed by atoms with Gasteiger partial charge in [-0.05, 0) is 56.7 Å². The number of benzene rings is 1. The third-order valence-corrected chi connectivity index (χ3v) is 4.44. The molecule has 1 unspecified atom stereocenters. The molecule has 0 amide bonds. The molecule has 2 rings (SSSR count). The SMILES string of the molecule is CCC(C)c1c(C)nn(C(=O)COc2c(C)cccc2C)c1C. The summed E-state index contributed by atoms with van der Waals surface area (Å²) in [7, 11) is 0. The fraction of sp³-hybridized carbons (Fsp3) is 0.474. The first-order chi connectivity index (χ1) is 10.9. The molecule has 0 N–H and O–H groups in total. The fourth-order valence-electron chi connectivity index (χ4n) is 3.04. The van der Waals surface area contributed by atoms with Gasteiger partial charge >= 0.3 is 0 Å². The summed E-state index contributed by atoms with van der Waals surface area (Å²) in [6.45, 7) is 12.2. The lowest BCUT2D eigenvalue weighted by Gasteiger charge is -2.12. The highest BCUT2D eigenvalue weighted by molar-refractivity contribution is 5.80. The average Bonchev–Trinajstić information content (AvgIpc) is 2.81. The number of hydrogen-bond acceptors (Lipinski definition) is 3. The van der Waals surface area contributed by atoms with Crippen molar-refractivity contribution in [3.05, 3.63) is 46.3 Å². The van der Waals surface area contributed by atoms with Crippen LogP contribution in [0.15, 0.2) is 18.2 Å². The zero-order chi connectivity index (χ0) is 17.1. The highest BCUT2D eigenvalue weighted by Crippen LogP contribution is 2.26. The maximum absolute atomic E-state index is 12.5. The second kappa shape index (κ2) is 6.99. The largest absolute Gasteiger partial charge is 0.483 e. The van der Waals surface area contributed by atoms with E-state index in [2.05, 4.69) is 18.9 Å². The van der Waals surface area contributed by atoms with Crippen LogP contribution >= 0.6 is 0 Å². The average molecular weight is 314 g/mol. The number of para-hydroxylation sites is 1. The van der Waals surface area contributed by atoms with E-state index in [0.29, 0.717) is 5.92 Å². The van der Waals surface area contributed by atoms with E-state index in [9.17, 15) is 4.79 Å². The van der Waals surface area contributed by atoms with Crippen molar-refractivity contribution in [2.45, 2.75) is 53.9 Å². The minimum absolute atomic E-state index is 0.00635. The van der Waals surface area contributed by atoms with Crippen LogP contribution in [-0.2, 0) is 0 Å². The molecule has 1 aromatic carbocycles. The van der Waals surface area contributed by atoms with Gasteiger partial charge in [-0.3, -0.25) is 4.79 Å². The summed E-state index contributed by atoms with van der Waals surface area (Å²) < 4.78 is 7.25. The van der Waals surface area contributed by atoms with Crippen LogP contribution in [0.4, 0.5) is 0 Å². The van der Waals surface area contributed by atoms with Gasteiger partial charge in [-0.25, -0.2) is 4.68 Å². The van der Waals surface area contributed by atoms with Crippen molar-refractivity contribution in [3.63, 3.8) is 0 Å². The van der Waals surface area contributed by atoms with Crippen LogP contribution in [0.3, 0.4) is 0 Å². The van der Waals surface area contributed by atoms with E-state index in [0.717, 1.165) is 34.7 Å². The van der Waals surface area contributed by atoms with E-state index < -0.39 is 0 Å². The van der Waals surface area contributed by atoms with Gasteiger partial charge in [0, 0.05) is 5.69 Å². The lowest BCUT2D eigenvalue weighted by Crippen LogP contribution is -2.22. The molecular formula is C19H26N2O2. The second-order valence-electron chi connectivity index (χ2n) is 6.21. The molecule has 0 saturated carbocycles. The molecule has 1 atom stereocenters. The third kappa shape index (κ3) is 3.46. The lowest BCUT2D eigenvalue weighted by molar-refractivity contribution is 0.0817. The Kier molecular flexibility index (Phi) is 5.24. The van der Waals surface area contributed by atoms with E-state index in [4.69, 9.17) is 4.74 Å². The molecule has 1 heterocycles. The third-order valence-electron chi connectivity index (χ3n) is 4.44. The van der Waals surface area contributed by atoms with Gasteiger partial charge < -0.3 is 4.74 Å². The number of carbonyl (C=O) groups is 1. The molecule has 0 fully saturated rings. The molecule has 4 nitrogen and oxygen atoms in total. The quantitative estimate of drug-likeness (QED) is 0.824. The Morgan fingerprint density at radius 3 is 2.39 bits per heavy atom. The van der Waals surface area contributed by atoms with E-state index in [-0.39, 0.29) is 12.5 Å². The van der Waals surface area contributed by atoms with E-state index >= 15 is 0 Å². The smallest absolute Gasteiger partial charge is 0.284 e. The number of aromatic nitrogens is 2. The molecule has 0 aliphatic carbocycles. The molecule has 124 valence electrons. The zero-order valence-electron chi connectivity index (χ0n) is 14.9. The Hall–Kier alpha value is -2.10. The van der Waals surface area contributed by atoms with E-state index in [1.807, 2.05) is 45.9 Å². The van der Waals surface area contributed by atoms with Gasteiger partial charge in [-0.15, -0.1) is 0 Å².